The third-order valence-corrected chi connectivity index (χ3v) is 12.6. The summed E-state index contributed by atoms with van der Waals surface area (Å²) in [5.74, 6) is 0.196. The van der Waals surface area contributed by atoms with Crippen LogP contribution in [-0.4, -0.2) is 50.5 Å². The Kier molecular flexibility index (Phi) is 9.55. The molecule has 0 unspecified atom stereocenters. The molecule has 0 bridgehead atoms. The molecule has 5 rings (SSSR count). The number of fused-ring (bicyclic) bond motifs is 3. The van der Waals surface area contributed by atoms with Crippen molar-refractivity contribution >= 4 is 33.2 Å². The summed E-state index contributed by atoms with van der Waals surface area (Å²) >= 11 is 6.40. The first-order chi connectivity index (χ1) is 21.0. The van der Waals surface area contributed by atoms with Crippen LogP contribution >= 0.6 is 11.6 Å². The van der Waals surface area contributed by atoms with Gasteiger partial charge in [0, 0.05) is 34.5 Å². The van der Waals surface area contributed by atoms with Gasteiger partial charge in [-0.15, -0.1) is 13.2 Å². The molecule has 1 amide bonds. The van der Waals surface area contributed by atoms with E-state index in [-0.39, 0.29) is 22.3 Å². The van der Waals surface area contributed by atoms with Crippen molar-refractivity contribution in [2.24, 2.45) is 11.3 Å². The molecule has 0 saturated heterocycles. The predicted molar refractivity (Wildman–Crippen MR) is 177 cm³/mol. The van der Waals surface area contributed by atoms with Gasteiger partial charge in [0.05, 0.1) is 23.6 Å². The normalized spacial score (nSPS) is 25.8. The first kappa shape index (κ1) is 32.6. The second-order valence-electron chi connectivity index (χ2n) is 13.1. The van der Waals surface area contributed by atoms with Crippen LogP contribution in [0.15, 0.2) is 61.7 Å². The van der Waals surface area contributed by atoms with Gasteiger partial charge < -0.3 is 14.7 Å². The van der Waals surface area contributed by atoms with E-state index in [1.165, 1.54) is 11.1 Å². The summed E-state index contributed by atoms with van der Waals surface area (Å²) in [5, 5.41) is 10.9. The molecule has 2 aromatic carbocycles. The van der Waals surface area contributed by atoms with Crippen molar-refractivity contribution in [1.29, 1.82) is 0 Å². The maximum Gasteiger partial charge on any atom is 0.264 e. The van der Waals surface area contributed by atoms with E-state index in [4.69, 9.17) is 16.3 Å². The summed E-state index contributed by atoms with van der Waals surface area (Å²) in [7, 11) is -3.88. The van der Waals surface area contributed by atoms with E-state index in [1.54, 1.807) is 37.3 Å². The number of hydrogen-bond donors (Lipinski definition) is 2. The van der Waals surface area contributed by atoms with Crippen LogP contribution in [0.2, 0.25) is 5.02 Å². The molecule has 1 heterocycles. The fourth-order valence-electron chi connectivity index (χ4n) is 7.44. The maximum absolute atomic E-state index is 13.4. The van der Waals surface area contributed by atoms with E-state index in [1.807, 2.05) is 6.07 Å². The van der Waals surface area contributed by atoms with Crippen LogP contribution in [0.1, 0.15) is 80.3 Å². The molecule has 1 spiro atoms. The predicted octanol–water partition coefficient (Wildman–Crippen LogP) is 6.58. The molecule has 1 saturated carbocycles. The SMILES string of the molecule is C=CCC[C@@H](CC)S(=O)(=O)NC(=O)c1ccc2c(c1)N(C[C@H]1CC[C@]1(C)[C@@H](O)C=C)C[C@@]1(CCCc3cc(Cl)ccc31)CO2. The number of ether oxygens (including phenoxy) is 1. The standard InChI is InChI=1S/C35H45ClN2O5S/c1-5-8-11-28(6-2)44(41,42)37-33(40)25-12-15-31-30(20-25)38(21-26-16-18-34(26,4)32(39)7-3)22-35(23-43-31)17-9-10-24-19-27(36)13-14-29(24)35/h5,7,12-15,19-20,26,28,32,39H,1,3,6,8-11,16-18,21-23H2,2,4H3,(H,37,40)/t26-,28-,32+,34+,35+/m1/s1. The monoisotopic (exact) mass is 640 g/mol. The first-order valence-electron chi connectivity index (χ1n) is 15.7. The van der Waals surface area contributed by atoms with Gasteiger partial charge in [-0.2, -0.15) is 0 Å². The molecule has 238 valence electrons. The molecule has 1 fully saturated rings. The lowest BCUT2D eigenvalue weighted by Gasteiger charge is -2.52. The zero-order chi connectivity index (χ0) is 31.7. The van der Waals surface area contributed by atoms with Crippen molar-refractivity contribution in [3.8, 4) is 5.75 Å². The Balaban J connectivity index is 1.51. The second kappa shape index (κ2) is 12.9. The Hall–Kier alpha value is -2.81. The number of allylic oxidation sites excluding steroid dienone is 1. The molecular formula is C35H45ClN2O5S. The van der Waals surface area contributed by atoms with Crippen molar-refractivity contribution < 1.29 is 23.1 Å². The largest absolute Gasteiger partial charge is 0.490 e. The lowest BCUT2D eigenvalue weighted by molar-refractivity contribution is -0.0466. The van der Waals surface area contributed by atoms with Crippen molar-refractivity contribution in [2.45, 2.75) is 82.0 Å². The Bertz CT molecular complexity index is 1530. The quantitative estimate of drug-likeness (QED) is 0.269. The minimum absolute atomic E-state index is 0.194. The number of nitrogens with one attached hydrogen (secondary N) is 1. The highest BCUT2D eigenvalue weighted by atomic mass is 35.5. The van der Waals surface area contributed by atoms with Crippen LogP contribution in [0.5, 0.6) is 5.75 Å². The molecule has 2 aromatic rings. The fraction of sp³-hybridized carbons (Fsp3) is 0.514. The number of amides is 1. The number of benzene rings is 2. The van der Waals surface area contributed by atoms with Gasteiger partial charge in [-0.25, -0.2) is 13.1 Å². The first-order valence-corrected chi connectivity index (χ1v) is 17.7. The summed E-state index contributed by atoms with van der Waals surface area (Å²) in [6.07, 6.45) is 8.82. The molecule has 3 aliphatic rings. The van der Waals surface area contributed by atoms with Crippen molar-refractivity contribution in [3.05, 3.63) is 83.4 Å². The Morgan fingerprint density at radius 3 is 2.73 bits per heavy atom. The Labute approximate surface area is 267 Å². The number of hydrogen-bond acceptors (Lipinski definition) is 6. The van der Waals surface area contributed by atoms with E-state index >= 15 is 0 Å². The zero-order valence-electron chi connectivity index (χ0n) is 25.9. The smallest absolute Gasteiger partial charge is 0.264 e. The summed E-state index contributed by atoms with van der Waals surface area (Å²) in [6, 6.07) is 11.3. The number of aliphatic hydroxyl groups is 1. The Morgan fingerprint density at radius 1 is 1.25 bits per heavy atom. The lowest BCUT2D eigenvalue weighted by atomic mass is 9.58. The molecule has 0 radical (unpaired) electrons. The minimum Gasteiger partial charge on any atom is -0.490 e. The van der Waals surface area contributed by atoms with Gasteiger partial charge in [0.25, 0.3) is 5.91 Å². The van der Waals surface area contributed by atoms with Gasteiger partial charge in [-0.05, 0) is 98.7 Å². The topological polar surface area (TPSA) is 95.9 Å². The molecule has 7 nitrogen and oxygen atoms in total. The minimum atomic E-state index is -3.88. The molecule has 2 N–H and O–H groups in total. The van der Waals surface area contributed by atoms with Gasteiger partial charge in [0.1, 0.15) is 5.75 Å². The number of sulfonamides is 1. The van der Waals surface area contributed by atoms with Crippen molar-refractivity contribution in [2.75, 3.05) is 24.6 Å². The Morgan fingerprint density at radius 2 is 2.05 bits per heavy atom. The fourth-order valence-corrected chi connectivity index (χ4v) is 9.06. The third-order valence-electron chi connectivity index (χ3n) is 10.4. The van der Waals surface area contributed by atoms with Gasteiger partial charge in [-0.1, -0.05) is 43.7 Å². The third kappa shape index (κ3) is 6.18. The number of aliphatic hydroxyl groups excluding tert-OH is 1. The molecule has 0 aromatic heterocycles. The number of aryl methyl sites for hydroxylation is 1. The van der Waals surface area contributed by atoms with Crippen LogP contribution in [0.3, 0.4) is 0 Å². The summed E-state index contributed by atoms with van der Waals surface area (Å²) in [6.45, 7) is 13.2. The van der Waals surface area contributed by atoms with Crippen molar-refractivity contribution in [3.63, 3.8) is 0 Å². The van der Waals surface area contributed by atoms with Gasteiger partial charge in [0.15, 0.2) is 0 Å². The van der Waals surface area contributed by atoms with Crippen LogP contribution in [0.4, 0.5) is 5.69 Å². The number of carbonyl (C=O) groups excluding carboxylic acids is 1. The summed E-state index contributed by atoms with van der Waals surface area (Å²) < 4.78 is 35.1. The van der Waals surface area contributed by atoms with Crippen LogP contribution in [0.25, 0.3) is 0 Å². The number of carbonyl (C=O) groups is 1. The van der Waals surface area contributed by atoms with Crippen LogP contribution in [-0.2, 0) is 21.9 Å². The summed E-state index contributed by atoms with van der Waals surface area (Å²) in [4.78, 5) is 15.7. The molecule has 2 aliphatic carbocycles. The number of halogens is 1. The molecule has 5 atom stereocenters. The van der Waals surface area contributed by atoms with Crippen LogP contribution in [0, 0.1) is 11.3 Å². The van der Waals surface area contributed by atoms with Crippen molar-refractivity contribution in [1.82, 2.24) is 4.72 Å². The maximum atomic E-state index is 13.4. The zero-order valence-corrected chi connectivity index (χ0v) is 27.4. The highest BCUT2D eigenvalue weighted by Crippen LogP contribution is 2.52. The van der Waals surface area contributed by atoms with Crippen LogP contribution < -0.4 is 14.4 Å². The van der Waals surface area contributed by atoms with Gasteiger partial charge in [-0.3, -0.25) is 4.79 Å². The highest BCUT2D eigenvalue weighted by Gasteiger charge is 2.49. The molecule has 44 heavy (non-hydrogen) atoms. The number of rotatable bonds is 11. The van der Waals surface area contributed by atoms with Gasteiger partial charge >= 0.3 is 0 Å². The average Bonchev–Trinajstić information content (AvgIpc) is 3.15. The van der Waals surface area contributed by atoms with E-state index in [0.717, 1.165) is 42.8 Å². The highest BCUT2D eigenvalue weighted by molar-refractivity contribution is 7.90. The van der Waals surface area contributed by atoms with E-state index in [9.17, 15) is 18.3 Å². The molecule has 1 aliphatic heterocycles. The second-order valence-corrected chi connectivity index (χ2v) is 15.5. The lowest BCUT2D eigenvalue weighted by Crippen LogP contribution is -2.53. The average molecular weight is 641 g/mol. The van der Waals surface area contributed by atoms with E-state index < -0.39 is 27.3 Å². The summed E-state index contributed by atoms with van der Waals surface area (Å²) in [5.41, 5.74) is 2.90. The van der Waals surface area contributed by atoms with Gasteiger partial charge in [0.2, 0.25) is 10.0 Å². The number of anilines is 1. The number of nitrogens with zero attached hydrogens (tertiary/aromatic N) is 1. The molecular weight excluding hydrogens is 596 g/mol. The van der Waals surface area contributed by atoms with E-state index in [0.29, 0.717) is 44.7 Å². The van der Waals surface area contributed by atoms with E-state index in [2.05, 4.69) is 41.8 Å². The molecule has 9 heteroatoms.